The Hall–Kier alpha value is -1.17. The summed E-state index contributed by atoms with van der Waals surface area (Å²) in [5.74, 6) is -0.627. The molecule has 0 saturated carbocycles. The van der Waals surface area contributed by atoms with Crippen molar-refractivity contribution in [2.45, 2.75) is 6.10 Å². The van der Waals surface area contributed by atoms with Crippen LogP contribution in [-0.2, 0) is 9.53 Å². The molecule has 1 aliphatic rings. The standard InChI is InChI=1S/C11H13FN2O2.ClH/c12-8-2-1-3-9(6-8)14-11(15)10-7-13-4-5-16-10;/h1-3,6,10,13H,4-5,7H2,(H,14,15);1H. The van der Waals surface area contributed by atoms with Crippen LogP contribution in [0.25, 0.3) is 0 Å². The number of amides is 1. The molecule has 2 rings (SSSR count). The maximum atomic E-state index is 12.9. The van der Waals surface area contributed by atoms with Gasteiger partial charge in [-0.2, -0.15) is 0 Å². The second-order valence-electron chi connectivity index (χ2n) is 3.56. The highest BCUT2D eigenvalue weighted by molar-refractivity contribution is 5.94. The Balaban J connectivity index is 0.00000144. The van der Waals surface area contributed by atoms with Crippen LogP contribution in [0, 0.1) is 5.82 Å². The van der Waals surface area contributed by atoms with Crippen LogP contribution in [0.5, 0.6) is 0 Å². The van der Waals surface area contributed by atoms with Crippen LogP contribution in [-0.4, -0.2) is 31.7 Å². The second kappa shape index (κ2) is 6.54. The molecular weight excluding hydrogens is 247 g/mol. The van der Waals surface area contributed by atoms with Gasteiger partial charge < -0.3 is 15.4 Å². The minimum atomic E-state index is -0.503. The molecule has 1 amide bonds. The maximum absolute atomic E-state index is 12.9. The number of hydrogen-bond acceptors (Lipinski definition) is 3. The number of rotatable bonds is 2. The van der Waals surface area contributed by atoms with E-state index >= 15 is 0 Å². The van der Waals surface area contributed by atoms with Gasteiger partial charge in [-0.05, 0) is 18.2 Å². The van der Waals surface area contributed by atoms with Gasteiger partial charge in [-0.1, -0.05) is 6.07 Å². The monoisotopic (exact) mass is 260 g/mol. The quantitative estimate of drug-likeness (QED) is 0.839. The fourth-order valence-corrected chi connectivity index (χ4v) is 1.52. The van der Waals surface area contributed by atoms with Crippen molar-refractivity contribution in [1.29, 1.82) is 0 Å². The summed E-state index contributed by atoms with van der Waals surface area (Å²) >= 11 is 0. The largest absolute Gasteiger partial charge is 0.366 e. The molecule has 0 aliphatic carbocycles. The van der Waals surface area contributed by atoms with E-state index in [0.29, 0.717) is 18.8 Å². The third-order valence-corrected chi connectivity index (χ3v) is 2.31. The van der Waals surface area contributed by atoms with E-state index in [0.717, 1.165) is 6.54 Å². The molecule has 2 N–H and O–H groups in total. The van der Waals surface area contributed by atoms with E-state index in [2.05, 4.69) is 10.6 Å². The lowest BCUT2D eigenvalue weighted by atomic mass is 10.2. The van der Waals surface area contributed by atoms with Gasteiger partial charge in [-0.15, -0.1) is 12.4 Å². The Bertz CT molecular complexity index is 383. The number of benzene rings is 1. The zero-order chi connectivity index (χ0) is 11.4. The minimum Gasteiger partial charge on any atom is -0.366 e. The Morgan fingerprint density at radius 1 is 1.53 bits per heavy atom. The first-order valence-corrected chi connectivity index (χ1v) is 5.14. The van der Waals surface area contributed by atoms with Gasteiger partial charge in [0, 0.05) is 18.8 Å². The van der Waals surface area contributed by atoms with Gasteiger partial charge in [0.15, 0.2) is 0 Å². The fraction of sp³-hybridized carbons (Fsp3) is 0.364. The lowest BCUT2D eigenvalue weighted by Crippen LogP contribution is -2.45. The lowest BCUT2D eigenvalue weighted by molar-refractivity contribution is -0.128. The van der Waals surface area contributed by atoms with E-state index in [1.54, 1.807) is 12.1 Å². The van der Waals surface area contributed by atoms with Gasteiger partial charge in [0.05, 0.1) is 6.61 Å². The van der Waals surface area contributed by atoms with E-state index in [1.165, 1.54) is 12.1 Å². The number of ether oxygens (including phenoxy) is 1. The van der Waals surface area contributed by atoms with Gasteiger partial charge in [0.25, 0.3) is 5.91 Å². The Morgan fingerprint density at radius 3 is 3.00 bits per heavy atom. The van der Waals surface area contributed by atoms with Gasteiger partial charge in [0.1, 0.15) is 11.9 Å². The van der Waals surface area contributed by atoms with Crippen LogP contribution in [0.2, 0.25) is 0 Å². The van der Waals surface area contributed by atoms with Crippen LogP contribution < -0.4 is 10.6 Å². The Kier molecular flexibility index (Phi) is 5.34. The van der Waals surface area contributed by atoms with Crippen molar-refractivity contribution in [1.82, 2.24) is 5.32 Å². The van der Waals surface area contributed by atoms with E-state index < -0.39 is 6.10 Å². The van der Waals surface area contributed by atoms with E-state index in [1.807, 2.05) is 0 Å². The number of morpholine rings is 1. The molecule has 94 valence electrons. The van der Waals surface area contributed by atoms with Crippen LogP contribution in [0.15, 0.2) is 24.3 Å². The van der Waals surface area contributed by atoms with Crippen molar-refractivity contribution < 1.29 is 13.9 Å². The molecule has 1 heterocycles. The van der Waals surface area contributed by atoms with Gasteiger partial charge in [0.2, 0.25) is 0 Å². The third kappa shape index (κ3) is 3.96. The predicted molar refractivity (Wildman–Crippen MR) is 64.9 cm³/mol. The first-order chi connectivity index (χ1) is 7.75. The molecule has 1 aliphatic heterocycles. The van der Waals surface area contributed by atoms with Crippen LogP contribution in [0.3, 0.4) is 0 Å². The number of carbonyl (C=O) groups excluding carboxylic acids is 1. The number of hydrogen-bond donors (Lipinski definition) is 2. The summed E-state index contributed by atoms with van der Waals surface area (Å²) in [6.45, 7) is 1.76. The van der Waals surface area contributed by atoms with E-state index in [4.69, 9.17) is 4.74 Å². The molecule has 1 aromatic rings. The number of nitrogens with one attached hydrogen (secondary N) is 2. The lowest BCUT2D eigenvalue weighted by Gasteiger charge is -2.22. The molecule has 1 unspecified atom stereocenters. The molecular formula is C11H14ClFN2O2. The average molecular weight is 261 g/mol. The first kappa shape index (κ1) is 13.9. The summed E-state index contributed by atoms with van der Waals surface area (Å²) in [5, 5.41) is 5.66. The summed E-state index contributed by atoms with van der Waals surface area (Å²) < 4.78 is 18.1. The molecule has 1 aromatic carbocycles. The molecule has 4 nitrogen and oxygen atoms in total. The maximum Gasteiger partial charge on any atom is 0.254 e. The zero-order valence-corrected chi connectivity index (χ0v) is 9.93. The van der Waals surface area contributed by atoms with E-state index in [9.17, 15) is 9.18 Å². The highest BCUT2D eigenvalue weighted by Crippen LogP contribution is 2.10. The topological polar surface area (TPSA) is 50.4 Å². The minimum absolute atomic E-state index is 0. The summed E-state index contributed by atoms with van der Waals surface area (Å²) in [6, 6.07) is 5.78. The van der Waals surface area contributed by atoms with Gasteiger partial charge in [-0.25, -0.2) is 4.39 Å². The summed E-state index contributed by atoms with van der Waals surface area (Å²) in [7, 11) is 0. The second-order valence-corrected chi connectivity index (χ2v) is 3.56. The Morgan fingerprint density at radius 2 is 2.35 bits per heavy atom. The molecule has 0 radical (unpaired) electrons. The van der Waals surface area contributed by atoms with Crippen molar-refractivity contribution >= 4 is 24.0 Å². The van der Waals surface area contributed by atoms with E-state index in [-0.39, 0.29) is 24.1 Å². The highest BCUT2D eigenvalue weighted by Gasteiger charge is 2.21. The molecule has 0 bridgehead atoms. The van der Waals surface area contributed by atoms with Crippen LogP contribution in [0.1, 0.15) is 0 Å². The van der Waals surface area contributed by atoms with Crippen molar-refractivity contribution in [3.8, 4) is 0 Å². The molecule has 1 fully saturated rings. The molecule has 6 heteroatoms. The normalized spacial score (nSPS) is 19.2. The van der Waals surface area contributed by atoms with Crippen LogP contribution in [0.4, 0.5) is 10.1 Å². The smallest absolute Gasteiger partial charge is 0.254 e. The molecule has 1 saturated heterocycles. The zero-order valence-electron chi connectivity index (χ0n) is 9.11. The Labute approximate surface area is 105 Å². The molecule has 0 aromatic heterocycles. The SMILES string of the molecule is Cl.O=C(Nc1cccc(F)c1)C1CNCCO1. The van der Waals surface area contributed by atoms with Gasteiger partial charge in [-0.3, -0.25) is 4.79 Å². The molecule has 1 atom stereocenters. The average Bonchev–Trinajstić information content (AvgIpc) is 2.30. The predicted octanol–water partition coefficient (Wildman–Crippen LogP) is 1.17. The fourth-order valence-electron chi connectivity index (χ4n) is 1.52. The summed E-state index contributed by atoms with van der Waals surface area (Å²) in [4.78, 5) is 11.7. The van der Waals surface area contributed by atoms with Crippen LogP contribution >= 0.6 is 12.4 Å². The van der Waals surface area contributed by atoms with Crippen molar-refractivity contribution in [2.24, 2.45) is 0 Å². The number of halogens is 2. The molecule has 17 heavy (non-hydrogen) atoms. The van der Waals surface area contributed by atoms with Crippen molar-refractivity contribution in [3.63, 3.8) is 0 Å². The first-order valence-electron chi connectivity index (χ1n) is 5.14. The molecule has 0 spiro atoms. The highest BCUT2D eigenvalue weighted by atomic mass is 35.5. The van der Waals surface area contributed by atoms with Gasteiger partial charge >= 0.3 is 0 Å². The van der Waals surface area contributed by atoms with Crippen molar-refractivity contribution in [2.75, 3.05) is 25.0 Å². The number of anilines is 1. The summed E-state index contributed by atoms with van der Waals surface area (Å²) in [6.07, 6.45) is -0.503. The van der Waals surface area contributed by atoms with Crippen molar-refractivity contribution in [3.05, 3.63) is 30.1 Å². The third-order valence-electron chi connectivity index (χ3n) is 2.31. The number of carbonyl (C=O) groups is 1. The summed E-state index contributed by atoms with van der Waals surface area (Å²) in [5.41, 5.74) is 0.444.